The average molecular weight is 265 g/mol. The highest BCUT2D eigenvalue weighted by Gasteiger charge is 2.32. The van der Waals surface area contributed by atoms with Crippen LogP contribution in [-0.4, -0.2) is 30.7 Å². The molecule has 0 saturated carbocycles. The van der Waals surface area contributed by atoms with E-state index in [9.17, 15) is 4.79 Å². The van der Waals surface area contributed by atoms with Crippen LogP contribution in [0, 0.1) is 5.41 Å². The van der Waals surface area contributed by atoms with E-state index in [0.29, 0.717) is 6.54 Å². The Bertz CT molecular complexity index is 258. The molecule has 1 saturated heterocycles. The molecule has 102 valence electrons. The van der Waals surface area contributed by atoms with E-state index in [0.717, 1.165) is 19.4 Å². The van der Waals surface area contributed by atoms with E-state index in [2.05, 4.69) is 5.32 Å². The fourth-order valence-corrected chi connectivity index (χ4v) is 1.75. The molecule has 0 spiro atoms. The lowest BCUT2D eigenvalue weighted by atomic mass is 9.87. The number of amides is 1. The van der Waals surface area contributed by atoms with Crippen molar-refractivity contribution >= 4 is 18.3 Å². The molecule has 3 N–H and O–H groups in total. The molecule has 4 nitrogen and oxygen atoms in total. The predicted molar refractivity (Wildman–Crippen MR) is 71.3 cm³/mol. The maximum atomic E-state index is 11.8. The first-order valence-electron chi connectivity index (χ1n) is 5.92. The van der Waals surface area contributed by atoms with Gasteiger partial charge in [0.05, 0.1) is 11.6 Å². The minimum Gasteiger partial charge on any atom is -0.373 e. The Morgan fingerprint density at radius 1 is 1.53 bits per heavy atom. The van der Waals surface area contributed by atoms with Gasteiger partial charge in [-0.25, -0.2) is 0 Å². The number of nitrogens with one attached hydrogen (secondary N) is 1. The minimum atomic E-state index is -0.475. The normalized spacial score (nSPS) is 26.2. The molecule has 17 heavy (non-hydrogen) atoms. The number of rotatable bonds is 3. The maximum absolute atomic E-state index is 11.8. The summed E-state index contributed by atoms with van der Waals surface area (Å²) in [4.78, 5) is 11.8. The Morgan fingerprint density at radius 3 is 2.53 bits per heavy atom. The number of halogens is 1. The first-order valence-corrected chi connectivity index (χ1v) is 5.92. The highest BCUT2D eigenvalue weighted by molar-refractivity contribution is 5.85. The second-order valence-corrected chi connectivity index (χ2v) is 5.96. The molecule has 1 unspecified atom stereocenters. The molecule has 1 heterocycles. The average Bonchev–Trinajstić information content (AvgIpc) is 2.60. The summed E-state index contributed by atoms with van der Waals surface area (Å²) in [5.74, 6) is -0.0933. The van der Waals surface area contributed by atoms with Gasteiger partial charge in [0.15, 0.2) is 0 Å². The third-order valence-electron chi connectivity index (χ3n) is 3.15. The van der Waals surface area contributed by atoms with Crippen molar-refractivity contribution in [1.82, 2.24) is 5.32 Å². The summed E-state index contributed by atoms with van der Waals surface area (Å²) in [6, 6.07) is -0.475. The third kappa shape index (κ3) is 4.82. The Kier molecular flexibility index (Phi) is 5.91. The van der Waals surface area contributed by atoms with Crippen molar-refractivity contribution in [3.63, 3.8) is 0 Å². The van der Waals surface area contributed by atoms with E-state index in [-0.39, 0.29) is 29.3 Å². The lowest BCUT2D eigenvalue weighted by molar-refractivity contribution is -0.125. The monoisotopic (exact) mass is 264 g/mol. The highest BCUT2D eigenvalue weighted by Crippen LogP contribution is 2.24. The summed E-state index contributed by atoms with van der Waals surface area (Å²) in [6.45, 7) is 9.26. The topological polar surface area (TPSA) is 64.4 Å². The molecule has 0 aromatic rings. The van der Waals surface area contributed by atoms with Crippen molar-refractivity contribution in [3.8, 4) is 0 Å². The van der Waals surface area contributed by atoms with E-state index in [1.54, 1.807) is 0 Å². The van der Waals surface area contributed by atoms with Crippen molar-refractivity contribution in [2.45, 2.75) is 52.2 Å². The van der Waals surface area contributed by atoms with Gasteiger partial charge in [-0.05, 0) is 25.2 Å². The van der Waals surface area contributed by atoms with E-state index in [1.165, 1.54) is 0 Å². The minimum absolute atomic E-state index is 0. The Labute approximate surface area is 110 Å². The first-order chi connectivity index (χ1) is 7.25. The van der Waals surface area contributed by atoms with Gasteiger partial charge >= 0.3 is 0 Å². The van der Waals surface area contributed by atoms with E-state index < -0.39 is 6.04 Å². The summed E-state index contributed by atoms with van der Waals surface area (Å²) < 4.78 is 5.60. The Balaban J connectivity index is 0.00000256. The zero-order chi connectivity index (χ0) is 12.4. The smallest absolute Gasteiger partial charge is 0.237 e. The summed E-state index contributed by atoms with van der Waals surface area (Å²) >= 11 is 0. The first kappa shape index (κ1) is 16.7. The van der Waals surface area contributed by atoms with E-state index in [4.69, 9.17) is 10.5 Å². The van der Waals surface area contributed by atoms with Gasteiger partial charge < -0.3 is 15.8 Å². The quantitative estimate of drug-likeness (QED) is 0.811. The van der Waals surface area contributed by atoms with Crippen LogP contribution in [0.25, 0.3) is 0 Å². The van der Waals surface area contributed by atoms with Crippen LogP contribution in [-0.2, 0) is 9.53 Å². The Hall–Kier alpha value is -0.320. The molecule has 0 radical (unpaired) electrons. The molecule has 1 fully saturated rings. The number of hydrogen-bond acceptors (Lipinski definition) is 3. The molecule has 1 aliphatic heterocycles. The molecule has 1 rings (SSSR count). The molecule has 0 bridgehead atoms. The van der Waals surface area contributed by atoms with Crippen LogP contribution in [0.5, 0.6) is 0 Å². The van der Waals surface area contributed by atoms with Gasteiger partial charge in [-0.2, -0.15) is 0 Å². The van der Waals surface area contributed by atoms with Crippen LogP contribution >= 0.6 is 12.4 Å². The molecule has 5 heteroatoms. The van der Waals surface area contributed by atoms with Crippen molar-refractivity contribution in [2.24, 2.45) is 11.1 Å². The number of ether oxygens (including phenoxy) is 1. The van der Waals surface area contributed by atoms with Gasteiger partial charge in [-0.1, -0.05) is 20.8 Å². The zero-order valence-corrected chi connectivity index (χ0v) is 12.0. The third-order valence-corrected chi connectivity index (χ3v) is 3.15. The molecule has 2 atom stereocenters. The van der Waals surface area contributed by atoms with Crippen LogP contribution in [0.15, 0.2) is 0 Å². The maximum Gasteiger partial charge on any atom is 0.237 e. The standard InChI is InChI=1S/C12H24N2O2.ClH/c1-11(2,3)9(13)10(15)14-8-12(4)6-5-7-16-12;/h9H,5-8,13H2,1-4H3,(H,14,15);1H/t9-,12?;/m1./s1. The molecule has 0 aromatic carbocycles. The summed E-state index contributed by atoms with van der Waals surface area (Å²) in [7, 11) is 0. The van der Waals surface area contributed by atoms with Gasteiger partial charge in [0.1, 0.15) is 0 Å². The molecule has 1 aliphatic rings. The van der Waals surface area contributed by atoms with Crippen LogP contribution in [0.3, 0.4) is 0 Å². The largest absolute Gasteiger partial charge is 0.373 e. The summed E-state index contributed by atoms with van der Waals surface area (Å²) in [5, 5.41) is 2.88. The second-order valence-electron chi connectivity index (χ2n) is 5.96. The summed E-state index contributed by atoms with van der Waals surface area (Å²) in [5.41, 5.74) is 5.46. The van der Waals surface area contributed by atoms with Crippen LogP contribution < -0.4 is 11.1 Å². The molecule has 0 aliphatic carbocycles. The second kappa shape index (κ2) is 6.03. The molecular weight excluding hydrogens is 240 g/mol. The fourth-order valence-electron chi connectivity index (χ4n) is 1.75. The van der Waals surface area contributed by atoms with Gasteiger partial charge in [0.25, 0.3) is 0 Å². The predicted octanol–water partition coefficient (Wildman–Crippen LogP) is 1.47. The zero-order valence-electron chi connectivity index (χ0n) is 11.2. The van der Waals surface area contributed by atoms with Gasteiger partial charge in [0, 0.05) is 13.2 Å². The molecular formula is C12H25ClN2O2. The fraction of sp³-hybridized carbons (Fsp3) is 0.917. The van der Waals surface area contributed by atoms with Crippen molar-refractivity contribution in [1.29, 1.82) is 0 Å². The number of carbonyl (C=O) groups is 1. The number of hydrogen-bond donors (Lipinski definition) is 2. The van der Waals surface area contributed by atoms with Crippen molar-refractivity contribution in [2.75, 3.05) is 13.2 Å². The van der Waals surface area contributed by atoms with Gasteiger partial charge in [-0.15, -0.1) is 12.4 Å². The van der Waals surface area contributed by atoms with E-state index in [1.807, 2.05) is 27.7 Å². The molecule has 1 amide bonds. The van der Waals surface area contributed by atoms with Crippen LogP contribution in [0.2, 0.25) is 0 Å². The number of carbonyl (C=O) groups excluding carboxylic acids is 1. The number of nitrogens with two attached hydrogens (primary N) is 1. The highest BCUT2D eigenvalue weighted by atomic mass is 35.5. The van der Waals surface area contributed by atoms with Gasteiger partial charge in [0.2, 0.25) is 5.91 Å². The lowest BCUT2D eigenvalue weighted by Gasteiger charge is -2.28. The molecule has 0 aromatic heterocycles. The SMILES string of the molecule is CC1(CNC(=O)[C@@H](N)C(C)(C)C)CCCO1.Cl. The van der Waals surface area contributed by atoms with Crippen molar-refractivity contribution < 1.29 is 9.53 Å². The lowest BCUT2D eigenvalue weighted by Crippen LogP contribution is -2.51. The summed E-state index contributed by atoms with van der Waals surface area (Å²) in [6.07, 6.45) is 2.07. The van der Waals surface area contributed by atoms with Crippen molar-refractivity contribution in [3.05, 3.63) is 0 Å². The van der Waals surface area contributed by atoms with Crippen LogP contribution in [0.4, 0.5) is 0 Å². The van der Waals surface area contributed by atoms with E-state index >= 15 is 0 Å². The van der Waals surface area contributed by atoms with Crippen LogP contribution in [0.1, 0.15) is 40.5 Å². The van der Waals surface area contributed by atoms with Gasteiger partial charge in [-0.3, -0.25) is 4.79 Å². The Morgan fingerprint density at radius 2 is 2.12 bits per heavy atom.